The molecule has 0 aliphatic rings. The lowest BCUT2D eigenvalue weighted by atomic mass is 10.3. The molecule has 0 fully saturated rings. The van der Waals surface area contributed by atoms with E-state index in [0.29, 0.717) is 0 Å². The van der Waals surface area contributed by atoms with E-state index in [1.165, 1.54) is 24.5 Å². The van der Waals surface area contributed by atoms with Crippen LogP contribution in [0.1, 0.15) is 5.76 Å². The van der Waals surface area contributed by atoms with Gasteiger partial charge in [0.05, 0.1) is 24.3 Å². The van der Waals surface area contributed by atoms with Gasteiger partial charge in [-0.15, -0.1) is 0 Å². The highest BCUT2D eigenvalue weighted by atomic mass is 35.5. The number of benzene rings is 1. The second kappa shape index (κ2) is 6.90. The minimum absolute atomic E-state index is 0.269. The highest BCUT2D eigenvalue weighted by Gasteiger charge is 2.32. The van der Waals surface area contributed by atoms with E-state index in [0.717, 1.165) is 16.4 Å². The fourth-order valence-electron chi connectivity index (χ4n) is 1.91. The number of para-hydroxylation sites is 1. The van der Waals surface area contributed by atoms with E-state index in [2.05, 4.69) is 0 Å². The lowest BCUT2D eigenvalue weighted by Gasteiger charge is -2.19. The molecule has 122 valence electrons. The monoisotopic (exact) mass is 358 g/mol. The van der Waals surface area contributed by atoms with Gasteiger partial charge in [0.15, 0.2) is 4.90 Å². The zero-order chi connectivity index (χ0) is 17.0. The summed E-state index contributed by atoms with van der Waals surface area (Å²) in [7, 11) is -4.32. The van der Waals surface area contributed by atoms with Crippen LogP contribution in [-0.4, -0.2) is 29.4 Å². The zero-order valence-corrected chi connectivity index (χ0v) is 13.2. The minimum Gasteiger partial charge on any atom is -0.468 e. The van der Waals surface area contributed by atoms with Crippen molar-refractivity contribution in [3.05, 3.63) is 58.5 Å². The van der Waals surface area contributed by atoms with E-state index >= 15 is 0 Å². The van der Waals surface area contributed by atoms with E-state index in [1.807, 2.05) is 0 Å². The molecule has 10 heteroatoms. The molecule has 0 spiro atoms. The van der Waals surface area contributed by atoms with Crippen molar-refractivity contribution in [2.45, 2.75) is 11.4 Å². The van der Waals surface area contributed by atoms with Gasteiger partial charge in [0.2, 0.25) is 5.24 Å². The van der Waals surface area contributed by atoms with Crippen LogP contribution in [0.2, 0.25) is 0 Å². The number of nitrogens with zero attached hydrogens (tertiary/aromatic N) is 2. The average molecular weight is 359 g/mol. The standard InChI is InChI=1S/C13H11ClN2O6S/c14-13(17)9-15(8-10-4-3-7-22-10)23(20,21)12-6-2-1-5-11(12)16(18)19/h1-7H,8-9H2. The molecule has 1 aromatic carbocycles. The molecule has 0 radical (unpaired) electrons. The van der Waals surface area contributed by atoms with Gasteiger partial charge in [0.1, 0.15) is 5.76 Å². The summed E-state index contributed by atoms with van der Waals surface area (Å²) in [6, 6.07) is 7.93. The summed E-state index contributed by atoms with van der Waals surface area (Å²) in [6.07, 6.45) is 1.34. The summed E-state index contributed by atoms with van der Waals surface area (Å²) in [4.78, 5) is 20.9. The van der Waals surface area contributed by atoms with Crippen LogP contribution in [0.25, 0.3) is 0 Å². The van der Waals surface area contributed by atoms with Crippen molar-refractivity contribution < 1.29 is 22.6 Å². The number of furan rings is 1. The van der Waals surface area contributed by atoms with Gasteiger partial charge in [-0.25, -0.2) is 8.42 Å². The number of hydrogen-bond acceptors (Lipinski definition) is 6. The number of hydrogen-bond donors (Lipinski definition) is 0. The van der Waals surface area contributed by atoms with Gasteiger partial charge in [-0.1, -0.05) is 12.1 Å². The smallest absolute Gasteiger partial charge is 0.289 e. The largest absolute Gasteiger partial charge is 0.468 e. The van der Waals surface area contributed by atoms with Crippen LogP contribution < -0.4 is 0 Å². The maximum atomic E-state index is 12.7. The first-order valence-electron chi connectivity index (χ1n) is 6.26. The van der Waals surface area contributed by atoms with Crippen LogP contribution in [0.5, 0.6) is 0 Å². The maximum Gasteiger partial charge on any atom is 0.289 e. The van der Waals surface area contributed by atoms with Crippen LogP contribution in [0.15, 0.2) is 52.0 Å². The van der Waals surface area contributed by atoms with Crippen molar-refractivity contribution in [1.82, 2.24) is 4.31 Å². The molecule has 0 N–H and O–H groups in total. The lowest BCUT2D eigenvalue weighted by molar-refractivity contribution is -0.387. The molecule has 8 nitrogen and oxygen atoms in total. The SMILES string of the molecule is O=C(Cl)CN(Cc1ccco1)S(=O)(=O)c1ccccc1[N+](=O)[O-]. The van der Waals surface area contributed by atoms with Gasteiger partial charge in [-0.2, -0.15) is 4.31 Å². The quantitative estimate of drug-likeness (QED) is 0.426. The van der Waals surface area contributed by atoms with Crippen LogP contribution >= 0.6 is 11.6 Å². The Bertz CT molecular complexity index is 819. The first-order valence-corrected chi connectivity index (χ1v) is 8.08. The number of carbonyl (C=O) groups excluding carboxylic acids is 1. The highest BCUT2D eigenvalue weighted by molar-refractivity contribution is 7.89. The molecule has 0 unspecified atom stereocenters. The second-order valence-corrected chi connectivity index (χ2v) is 6.76. The summed E-state index contributed by atoms with van der Waals surface area (Å²) in [5, 5.41) is 10.1. The molecule has 0 saturated heterocycles. The predicted octanol–water partition coefficient (Wildman–Crippen LogP) is 2.14. The topological polar surface area (TPSA) is 111 Å². The molecule has 1 heterocycles. The van der Waals surface area contributed by atoms with E-state index in [1.54, 1.807) is 6.07 Å². The van der Waals surface area contributed by atoms with Gasteiger partial charge in [-0.05, 0) is 29.8 Å². The number of nitro groups is 1. The van der Waals surface area contributed by atoms with E-state index in [-0.39, 0.29) is 12.3 Å². The average Bonchev–Trinajstić information content (AvgIpc) is 2.99. The highest BCUT2D eigenvalue weighted by Crippen LogP contribution is 2.27. The van der Waals surface area contributed by atoms with Gasteiger partial charge < -0.3 is 4.42 Å². The number of carbonyl (C=O) groups is 1. The Morgan fingerprint density at radius 2 is 1.96 bits per heavy atom. The Morgan fingerprint density at radius 3 is 2.52 bits per heavy atom. The van der Waals surface area contributed by atoms with Gasteiger partial charge in [0.25, 0.3) is 15.7 Å². The van der Waals surface area contributed by atoms with Crippen LogP contribution in [0.3, 0.4) is 0 Å². The maximum absolute atomic E-state index is 12.7. The van der Waals surface area contributed by atoms with Crippen LogP contribution in [0.4, 0.5) is 5.69 Å². The molecule has 23 heavy (non-hydrogen) atoms. The summed E-state index contributed by atoms with van der Waals surface area (Å²) >= 11 is 5.30. The molecular formula is C13H11ClN2O6S. The van der Waals surface area contributed by atoms with Gasteiger partial charge >= 0.3 is 0 Å². The van der Waals surface area contributed by atoms with Crippen molar-refractivity contribution in [3.63, 3.8) is 0 Å². The third-order valence-electron chi connectivity index (χ3n) is 2.89. The Kier molecular flexibility index (Phi) is 5.14. The molecule has 0 aliphatic carbocycles. The molecule has 0 amide bonds. The molecule has 1 aromatic heterocycles. The van der Waals surface area contributed by atoms with Gasteiger partial charge in [0, 0.05) is 6.07 Å². The fourth-order valence-corrected chi connectivity index (χ4v) is 3.64. The number of nitro benzene ring substituents is 1. The van der Waals surface area contributed by atoms with Gasteiger partial charge in [-0.3, -0.25) is 14.9 Å². The Hall–Kier alpha value is -2.23. The fraction of sp³-hybridized carbons (Fsp3) is 0.154. The summed E-state index contributed by atoms with van der Waals surface area (Å²) in [5.74, 6) is 0.269. The van der Waals surface area contributed by atoms with E-state index < -0.39 is 37.3 Å². The Morgan fingerprint density at radius 1 is 1.26 bits per heavy atom. The second-order valence-electron chi connectivity index (χ2n) is 4.43. The van der Waals surface area contributed by atoms with Crippen molar-refractivity contribution in [3.8, 4) is 0 Å². The number of sulfonamides is 1. The van der Waals surface area contributed by atoms with Crippen molar-refractivity contribution >= 4 is 32.6 Å². The normalized spacial score (nSPS) is 11.6. The van der Waals surface area contributed by atoms with E-state index in [4.69, 9.17) is 16.0 Å². The summed E-state index contributed by atoms with van der Waals surface area (Å²) < 4.78 is 31.2. The van der Waals surface area contributed by atoms with E-state index in [9.17, 15) is 23.3 Å². The number of halogens is 1. The number of rotatable bonds is 7. The molecular weight excluding hydrogens is 348 g/mol. The molecule has 0 atom stereocenters. The molecule has 2 aromatic rings. The first-order chi connectivity index (χ1) is 10.8. The lowest BCUT2D eigenvalue weighted by Crippen LogP contribution is -2.34. The predicted molar refractivity (Wildman–Crippen MR) is 80.3 cm³/mol. The summed E-state index contributed by atoms with van der Waals surface area (Å²) in [6.45, 7) is -0.920. The molecule has 0 aliphatic heterocycles. The van der Waals surface area contributed by atoms with Crippen molar-refractivity contribution in [2.75, 3.05) is 6.54 Å². The summed E-state index contributed by atoms with van der Waals surface area (Å²) in [5.41, 5.74) is -0.584. The molecule has 2 rings (SSSR count). The Balaban J connectivity index is 2.47. The zero-order valence-electron chi connectivity index (χ0n) is 11.6. The first kappa shape index (κ1) is 17.1. The minimum atomic E-state index is -4.32. The van der Waals surface area contributed by atoms with Crippen molar-refractivity contribution in [1.29, 1.82) is 0 Å². The Labute approximate surface area is 136 Å². The van der Waals surface area contributed by atoms with Crippen molar-refractivity contribution in [2.24, 2.45) is 0 Å². The molecule has 0 saturated carbocycles. The molecule has 0 bridgehead atoms. The van der Waals surface area contributed by atoms with Crippen LogP contribution in [0, 0.1) is 10.1 Å². The van der Waals surface area contributed by atoms with Crippen LogP contribution in [-0.2, 0) is 21.4 Å². The third-order valence-corrected chi connectivity index (χ3v) is 4.85. The third kappa shape index (κ3) is 3.95.